The number of carbonyl (C=O) groups excluding carboxylic acids is 2. The fourth-order valence-electron chi connectivity index (χ4n) is 2.32. The number of aromatic nitrogens is 1. The van der Waals surface area contributed by atoms with Crippen LogP contribution in [0.5, 0.6) is 0 Å². The first-order chi connectivity index (χ1) is 10.9. The largest absolute Gasteiger partial charge is 0.360 e. The number of nitrogens with one attached hydrogen (secondary N) is 2. The summed E-state index contributed by atoms with van der Waals surface area (Å²) in [6.07, 6.45) is 1.05. The average Bonchev–Trinajstić information content (AvgIpc) is 3.22. The van der Waals surface area contributed by atoms with Gasteiger partial charge < -0.3 is 15.2 Å². The van der Waals surface area contributed by atoms with Crippen molar-refractivity contribution in [2.24, 2.45) is 5.41 Å². The third kappa shape index (κ3) is 3.14. The number of anilines is 2. The van der Waals surface area contributed by atoms with Crippen LogP contribution in [-0.2, 0) is 9.59 Å². The second kappa shape index (κ2) is 5.81. The van der Waals surface area contributed by atoms with E-state index in [9.17, 15) is 9.59 Å². The predicted octanol–water partition coefficient (Wildman–Crippen LogP) is 3.41. The van der Waals surface area contributed by atoms with E-state index in [4.69, 9.17) is 4.52 Å². The first kappa shape index (κ1) is 15.7. The Morgan fingerprint density at radius 3 is 2.43 bits per heavy atom. The monoisotopic (exact) mass is 377 g/mol. The van der Waals surface area contributed by atoms with Crippen molar-refractivity contribution in [1.29, 1.82) is 0 Å². The summed E-state index contributed by atoms with van der Waals surface area (Å²) in [4.78, 5) is 24.9. The van der Waals surface area contributed by atoms with Gasteiger partial charge in [0.2, 0.25) is 11.8 Å². The van der Waals surface area contributed by atoms with Crippen LogP contribution in [0.4, 0.5) is 11.5 Å². The van der Waals surface area contributed by atoms with E-state index in [1.165, 1.54) is 0 Å². The molecular weight excluding hydrogens is 362 g/mol. The lowest BCUT2D eigenvalue weighted by Crippen LogP contribution is -2.35. The Labute approximate surface area is 141 Å². The third-order valence-electron chi connectivity index (χ3n) is 3.90. The van der Waals surface area contributed by atoms with Crippen LogP contribution >= 0.6 is 15.9 Å². The van der Waals surface area contributed by atoms with E-state index in [1.807, 2.05) is 19.1 Å². The molecule has 7 heteroatoms. The number of nitrogens with zero attached hydrogens (tertiary/aromatic N) is 1. The minimum atomic E-state index is -1.02. The molecule has 1 fully saturated rings. The van der Waals surface area contributed by atoms with E-state index < -0.39 is 5.41 Å². The molecule has 1 aromatic heterocycles. The van der Waals surface area contributed by atoms with Gasteiger partial charge in [-0.25, -0.2) is 0 Å². The van der Waals surface area contributed by atoms with Gasteiger partial charge in [-0.2, -0.15) is 0 Å². The Balaban J connectivity index is 1.70. The molecule has 2 N–H and O–H groups in total. The number of halogens is 1. The standard InChI is InChI=1S/C16H16BrN3O3/c1-9-7-11(3-4-12(9)17)18-14(21)16(5-6-16)15(22)19-13-8-10(2)23-20-13/h3-4,7-8H,5-6H2,1-2H3,(H,18,21)(H,19,20,22). The molecule has 120 valence electrons. The van der Waals surface area contributed by atoms with E-state index in [-0.39, 0.29) is 11.8 Å². The van der Waals surface area contributed by atoms with E-state index in [1.54, 1.807) is 19.1 Å². The van der Waals surface area contributed by atoms with E-state index in [0.29, 0.717) is 30.1 Å². The Morgan fingerprint density at radius 1 is 1.17 bits per heavy atom. The predicted molar refractivity (Wildman–Crippen MR) is 89.0 cm³/mol. The summed E-state index contributed by atoms with van der Waals surface area (Å²) in [5.74, 6) is 0.278. The lowest BCUT2D eigenvalue weighted by atomic mass is 10.0. The number of rotatable bonds is 4. The number of hydrogen-bond acceptors (Lipinski definition) is 4. The molecule has 1 aromatic carbocycles. The Bertz CT molecular complexity index is 781. The zero-order valence-electron chi connectivity index (χ0n) is 12.8. The van der Waals surface area contributed by atoms with Gasteiger partial charge in [0.15, 0.2) is 5.82 Å². The van der Waals surface area contributed by atoms with Crippen LogP contribution in [0.1, 0.15) is 24.2 Å². The lowest BCUT2D eigenvalue weighted by Gasteiger charge is -2.14. The molecule has 1 aliphatic carbocycles. The number of aryl methyl sites for hydroxylation is 2. The summed E-state index contributed by atoms with van der Waals surface area (Å²) in [5, 5.41) is 9.18. The topological polar surface area (TPSA) is 84.2 Å². The fraction of sp³-hybridized carbons (Fsp3) is 0.312. The SMILES string of the molecule is Cc1cc(NC(=O)C2(C(=O)Nc3ccc(Br)c(C)c3)CC2)no1. The molecule has 0 bridgehead atoms. The Hall–Kier alpha value is -2.15. The second-order valence-corrected chi connectivity index (χ2v) is 6.63. The quantitative estimate of drug-likeness (QED) is 0.799. The van der Waals surface area contributed by atoms with Crippen LogP contribution in [0.3, 0.4) is 0 Å². The summed E-state index contributed by atoms with van der Waals surface area (Å²) < 4.78 is 5.88. The molecule has 0 radical (unpaired) electrons. The molecule has 1 saturated carbocycles. The van der Waals surface area contributed by atoms with E-state index >= 15 is 0 Å². The van der Waals surface area contributed by atoms with Gasteiger partial charge in [0.25, 0.3) is 0 Å². The Kier molecular flexibility index (Phi) is 3.97. The van der Waals surface area contributed by atoms with Crippen molar-refractivity contribution in [2.75, 3.05) is 10.6 Å². The number of hydrogen-bond donors (Lipinski definition) is 2. The highest BCUT2D eigenvalue weighted by atomic mass is 79.9. The average molecular weight is 378 g/mol. The highest BCUT2D eigenvalue weighted by Crippen LogP contribution is 2.47. The molecule has 0 unspecified atom stereocenters. The zero-order chi connectivity index (χ0) is 16.6. The summed E-state index contributed by atoms with van der Waals surface area (Å²) in [6.45, 7) is 3.67. The van der Waals surface area contributed by atoms with Gasteiger partial charge in [-0.05, 0) is 50.5 Å². The van der Waals surface area contributed by atoms with Crippen LogP contribution in [0.25, 0.3) is 0 Å². The van der Waals surface area contributed by atoms with Gasteiger partial charge in [0, 0.05) is 16.2 Å². The van der Waals surface area contributed by atoms with E-state index in [0.717, 1.165) is 10.0 Å². The molecule has 0 saturated heterocycles. The summed E-state index contributed by atoms with van der Waals surface area (Å²) in [5.41, 5.74) is 0.663. The minimum absolute atomic E-state index is 0.295. The Morgan fingerprint density at radius 2 is 1.87 bits per heavy atom. The maximum absolute atomic E-state index is 12.5. The van der Waals surface area contributed by atoms with Crippen molar-refractivity contribution in [2.45, 2.75) is 26.7 Å². The van der Waals surface area contributed by atoms with Gasteiger partial charge in [-0.3, -0.25) is 9.59 Å². The first-order valence-corrected chi connectivity index (χ1v) is 8.02. The third-order valence-corrected chi connectivity index (χ3v) is 4.79. The molecule has 6 nitrogen and oxygen atoms in total. The van der Waals surface area contributed by atoms with Crippen molar-refractivity contribution in [3.8, 4) is 0 Å². The molecule has 2 aromatic rings. The van der Waals surface area contributed by atoms with Gasteiger partial charge in [0.1, 0.15) is 11.2 Å². The molecule has 1 aliphatic rings. The maximum Gasteiger partial charge on any atom is 0.241 e. The summed E-state index contributed by atoms with van der Waals surface area (Å²) in [6, 6.07) is 7.13. The highest BCUT2D eigenvalue weighted by Gasteiger charge is 2.56. The molecule has 2 amide bonds. The number of carbonyl (C=O) groups is 2. The molecular formula is C16H16BrN3O3. The fourth-order valence-corrected chi connectivity index (χ4v) is 2.56. The number of benzene rings is 1. The molecule has 0 aliphatic heterocycles. The van der Waals surface area contributed by atoms with Crippen LogP contribution in [-0.4, -0.2) is 17.0 Å². The minimum Gasteiger partial charge on any atom is -0.360 e. The van der Waals surface area contributed by atoms with Crippen molar-refractivity contribution >= 4 is 39.2 Å². The molecule has 0 atom stereocenters. The van der Waals surface area contributed by atoms with Crippen molar-refractivity contribution in [1.82, 2.24) is 5.16 Å². The summed E-state index contributed by atoms with van der Waals surface area (Å²) in [7, 11) is 0. The summed E-state index contributed by atoms with van der Waals surface area (Å²) >= 11 is 3.42. The van der Waals surface area contributed by atoms with Crippen molar-refractivity contribution < 1.29 is 14.1 Å². The molecule has 0 spiro atoms. The van der Waals surface area contributed by atoms with Gasteiger partial charge >= 0.3 is 0 Å². The van der Waals surface area contributed by atoms with Crippen LogP contribution in [0, 0.1) is 19.3 Å². The normalized spacial score (nSPS) is 15.1. The second-order valence-electron chi connectivity index (χ2n) is 5.78. The van der Waals surface area contributed by atoms with Crippen LogP contribution < -0.4 is 10.6 Å². The van der Waals surface area contributed by atoms with Gasteiger partial charge in [-0.1, -0.05) is 21.1 Å². The first-order valence-electron chi connectivity index (χ1n) is 7.23. The van der Waals surface area contributed by atoms with Gasteiger partial charge in [-0.15, -0.1) is 0 Å². The van der Waals surface area contributed by atoms with Crippen molar-refractivity contribution in [3.63, 3.8) is 0 Å². The van der Waals surface area contributed by atoms with Crippen molar-refractivity contribution in [3.05, 3.63) is 40.1 Å². The smallest absolute Gasteiger partial charge is 0.241 e. The number of amides is 2. The van der Waals surface area contributed by atoms with Gasteiger partial charge in [0.05, 0.1) is 0 Å². The molecule has 23 heavy (non-hydrogen) atoms. The van der Waals surface area contributed by atoms with Crippen LogP contribution in [0.2, 0.25) is 0 Å². The zero-order valence-corrected chi connectivity index (χ0v) is 14.4. The maximum atomic E-state index is 12.5. The molecule has 1 heterocycles. The highest BCUT2D eigenvalue weighted by molar-refractivity contribution is 9.10. The lowest BCUT2D eigenvalue weighted by molar-refractivity contribution is -0.131. The van der Waals surface area contributed by atoms with E-state index in [2.05, 4.69) is 31.7 Å². The molecule has 3 rings (SSSR count). The van der Waals surface area contributed by atoms with Crippen LogP contribution in [0.15, 0.2) is 33.3 Å².